The Kier molecular flexibility index (Phi) is 2.19. The Morgan fingerprint density at radius 2 is 2.21 bits per heavy atom. The molecule has 14 heavy (non-hydrogen) atoms. The number of sulfonamides is 1. The standard InChI is InChI=1S/C9H9FNO2S/c10-8-3-1-2-4-9(8)11-14(12,13)7-5-6-7/h1-3,7,11H,5-6H2. The van der Waals surface area contributed by atoms with E-state index in [0.717, 1.165) is 0 Å². The lowest BCUT2D eigenvalue weighted by molar-refractivity contribution is 0.597. The van der Waals surface area contributed by atoms with Crippen molar-refractivity contribution in [2.45, 2.75) is 18.1 Å². The second-order valence-corrected chi connectivity index (χ2v) is 5.20. The van der Waals surface area contributed by atoms with Gasteiger partial charge in [0.05, 0.1) is 10.9 Å². The molecule has 75 valence electrons. The van der Waals surface area contributed by atoms with Crippen molar-refractivity contribution in [2.24, 2.45) is 0 Å². The average molecular weight is 214 g/mol. The summed E-state index contributed by atoms with van der Waals surface area (Å²) in [7, 11) is -3.38. The lowest BCUT2D eigenvalue weighted by atomic mass is 10.3. The van der Waals surface area contributed by atoms with Crippen molar-refractivity contribution in [3.05, 3.63) is 30.1 Å². The zero-order valence-corrected chi connectivity index (χ0v) is 8.14. The van der Waals surface area contributed by atoms with Gasteiger partial charge in [0, 0.05) is 6.07 Å². The molecule has 1 radical (unpaired) electrons. The topological polar surface area (TPSA) is 46.2 Å². The fourth-order valence-electron chi connectivity index (χ4n) is 1.10. The molecular weight excluding hydrogens is 205 g/mol. The highest BCUT2D eigenvalue weighted by molar-refractivity contribution is 7.93. The van der Waals surface area contributed by atoms with Crippen LogP contribution in [0, 0.1) is 11.9 Å². The third kappa shape index (κ3) is 1.87. The van der Waals surface area contributed by atoms with Crippen molar-refractivity contribution < 1.29 is 12.8 Å². The van der Waals surface area contributed by atoms with Gasteiger partial charge in [0.2, 0.25) is 10.0 Å². The minimum Gasteiger partial charge on any atom is -0.280 e. The molecule has 2 rings (SSSR count). The van der Waals surface area contributed by atoms with Gasteiger partial charge in [0.1, 0.15) is 5.82 Å². The number of hydrogen-bond acceptors (Lipinski definition) is 2. The summed E-state index contributed by atoms with van der Waals surface area (Å²) in [5.41, 5.74) is -0.0978. The van der Waals surface area contributed by atoms with Crippen molar-refractivity contribution in [1.29, 1.82) is 0 Å². The van der Waals surface area contributed by atoms with Crippen molar-refractivity contribution >= 4 is 15.7 Å². The van der Waals surface area contributed by atoms with Gasteiger partial charge < -0.3 is 0 Å². The molecule has 1 aromatic carbocycles. The van der Waals surface area contributed by atoms with Crippen molar-refractivity contribution in [2.75, 3.05) is 4.72 Å². The Bertz CT molecular complexity index is 440. The summed E-state index contributed by atoms with van der Waals surface area (Å²) in [6.45, 7) is 0. The molecule has 0 aliphatic heterocycles. The number of benzene rings is 1. The van der Waals surface area contributed by atoms with E-state index in [1.807, 2.05) is 0 Å². The van der Waals surface area contributed by atoms with Crippen LogP contribution in [-0.2, 0) is 10.0 Å². The Morgan fingerprint density at radius 3 is 2.79 bits per heavy atom. The molecule has 3 nitrogen and oxygen atoms in total. The van der Waals surface area contributed by atoms with E-state index in [1.54, 1.807) is 0 Å². The lowest BCUT2D eigenvalue weighted by Crippen LogP contribution is -2.18. The van der Waals surface area contributed by atoms with Crippen LogP contribution >= 0.6 is 0 Å². The van der Waals surface area contributed by atoms with Crippen molar-refractivity contribution in [1.82, 2.24) is 0 Å². The van der Waals surface area contributed by atoms with E-state index in [2.05, 4.69) is 10.8 Å². The van der Waals surface area contributed by atoms with E-state index in [9.17, 15) is 12.8 Å². The van der Waals surface area contributed by atoms with Gasteiger partial charge in [-0.2, -0.15) is 0 Å². The molecule has 5 heteroatoms. The van der Waals surface area contributed by atoms with Crippen LogP contribution in [0.15, 0.2) is 18.2 Å². The first kappa shape index (κ1) is 9.45. The summed E-state index contributed by atoms with van der Waals surface area (Å²) >= 11 is 0. The first-order valence-electron chi connectivity index (χ1n) is 4.27. The number of rotatable bonds is 3. The van der Waals surface area contributed by atoms with Gasteiger partial charge in [-0.3, -0.25) is 4.72 Å². The van der Waals surface area contributed by atoms with Crippen LogP contribution in [0.4, 0.5) is 10.1 Å². The highest BCUT2D eigenvalue weighted by Gasteiger charge is 2.36. The maximum absolute atomic E-state index is 13.0. The molecule has 0 amide bonds. The summed E-state index contributed by atoms with van der Waals surface area (Å²) < 4.78 is 38.1. The van der Waals surface area contributed by atoms with E-state index in [0.29, 0.717) is 12.8 Å². The van der Waals surface area contributed by atoms with Crippen LogP contribution in [-0.4, -0.2) is 13.7 Å². The molecule has 1 saturated carbocycles. The SMILES string of the molecule is O=S(=O)(Nc1[c]cccc1F)C1CC1. The molecule has 0 unspecified atom stereocenters. The molecule has 0 heterocycles. The van der Waals surface area contributed by atoms with E-state index in [1.165, 1.54) is 18.2 Å². The molecule has 1 aromatic rings. The molecular formula is C9H9FNO2S. The Hall–Kier alpha value is -1.10. The zero-order chi connectivity index (χ0) is 10.2. The number of para-hydroxylation sites is 1. The smallest absolute Gasteiger partial charge is 0.235 e. The van der Waals surface area contributed by atoms with Gasteiger partial charge in [-0.1, -0.05) is 12.1 Å². The van der Waals surface area contributed by atoms with Crippen LogP contribution in [0.2, 0.25) is 0 Å². The van der Waals surface area contributed by atoms with Gasteiger partial charge in [0.25, 0.3) is 0 Å². The minimum atomic E-state index is -3.38. The van der Waals surface area contributed by atoms with Gasteiger partial charge in [0.15, 0.2) is 0 Å². The second kappa shape index (κ2) is 3.24. The summed E-state index contributed by atoms with van der Waals surface area (Å²) in [6.07, 6.45) is 1.31. The molecule has 1 aliphatic rings. The van der Waals surface area contributed by atoms with Gasteiger partial charge >= 0.3 is 0 Å². The normalized spacial score (nSPS) is 16.6. The number of anilines is 1. The van der Waals surface area contributed by atoms with E-state index < -0.39 is 15.8 Å². The van der Waals surface area contributed by atoms with E-state index in [-0.39, 0.29) is 10.9 Å². The minimum absolute atomic E-state index is 0.0978. The van der Waals surface area contributed by atoms with E-state index in [4.69, 9.17) is 0 Å². The quantitative estimate of drug-likeness (QED) is 0.829. The number of hydrogen-bond donors (Lipinski definition) is 1. The summed E-state index contributed by atoms with van der Waals surface area (Å²) in [4.78, 5) is 0. The maximum atomic E-state index is 13.0. The highest BCUT2D eigenvalue weighted by atomic mass is 32.2. The molecule has 1 aliphatic carbocycles. The average Bonchev–Trinajstić information content (AvgIpc) is 2.91. The first-order valence-corrected chi connectivity index (χ1v) is 5.82. The zero-order valence-electron chi connectivity index (χ0n) is 7.33. The summed E-state index contributed by atoms with van der Waals surface area (Å²) in [6, 6.07) is 6.63. The van der Waals surface area contributed by atoms with Crippen molar-refractivity contribution in [3.8, 4) is 0 Å². The number of nitrogens with one attached hydrogen (secondary N) is 1. The predicted molar refractivity (Wildman–Crippen MR) is 50.8 cm³/mol. The van der Waals surface area contributed by atoms with Crippen LogP contribution in [0.3, 0.4) is 0 Å². The summed E-state index contributed by atoms with van der Waals surface area (Å²) in [5, 5.41) is -0.351. The Morgan fingerprint density at radius 1 is 1.50 bits per heavy atom. The predicted octanol–water partition coefficient (Wildman–Crippen LogP) is 1.53. The lowest BCUT2D eigenvalue weighted by Gasteiger charge is -2.06. The maximum Gasteiger partial charge on any atom is 0.235 e. The van der Waals surface area contributed by atoms with Crippen LogP contribution < -0.4 is 4.72 Å². The van der Waals surface area contributed by atoms with Crippen LogP contribution in [0.1, 0.15) is 12.8 Å². The van der Waals surface area contributed by atoms with Crippen LogP contribution in [0.25, 0.3) is 0 Å². The first-order chi connectivity index (χ1) is 6.59. The molecule has 1 fully saturated rings. The molecule has 0 bridgehead atoms. The third-order valence-electron chi connectivity index (χ3n) is 2.01. The molecule has 0 spiro atoms. The Labute approximate surface area is 82.0 Å². The van der Waals surface area contributed by atoms with Crippen LogP contribution in [0.5, 0.6) is 0 Å². The fourth-order valence-corrected chi connectivity index (χ4v) is 2.46. The third-order valence-corrected chi connectivity index (χ3v) is 3.85. The van der Waals surface area contributed by atoms with Crippen molar-refractivity contribution in [3.63, 3.8) is 0 Å². The molecule has 0 saturated heterocycles. The monoisotopic (exact) mass is 214 g/mol. The van der Waals surface area contributed by atoms with E-state index >= 15 is 0 Å². The summed E-state index contributed by atoms with van der Waals surface area (Å²) in [5.74, 6) is -0.600. The van der Waals surface area contributed by atoms with Gasteiger partial charge in [-0.25, -0.2) is 12.8 Å². The number of halogens is 1. The molecule has 1 N–H and O–H groups in total. The largest absolute Gasteiger partial charge is 0.280 e. The van der Waals surface area contributed by atoms with Gasteiger partial charge in [-0.05, 0) is 18.9 Å². The van der Waals surface area contributed by atoms with Gasteiger partial charge in [-0.15, -0.1) is 0 Å². The Balaban J connectivity index is 2.22. The molecule has 0 atom stereocenters. The highest BCUT2D eigenvalue weighted by Crippen LogP contribution is 2.29. The fraction of sp³-hybridized carbons (Fsp3) is 0.333. The second-order valence-electron chi connectivity index (χ2n) is 3.24. The molecule has 0 aromatic heterocycles.